The Hall–Kier alpha value is -3.67. The Morgan fingerprint density at radius 1 is 1.00 bits per heavy atom. The van der Waals surface area contributed by atoms with E-state index in [2.05, 4.69) is 0 Å². The summed E-state index contributed by atoms with van der Waals surface area (Å²) >= 11 is 0. The van der Waals surface area contributed by atoms with Crippen LogP contribution in [0.3, 0.4) is 0 Å². The lowest BCUT2D eigenvalue weighted by molar-refractivity contribution is -0.135. The van der Waals surface area contributed by atoms with Crippen molar-refractivity contribution in [1.29, 1.82) is 0 Å². The Labute approximate surface area is 158 Å². The summed E-state index contributed by atoms with van der Waals surface area (Å²) in [6.07, 6.45) is -0.0936. The third-order valence-electron chi connectivity index (χ3n) is 5.27. The summed E-state index contributed by atoms with van der Waals surface area (Å²) in [5, 5.41) is 1.39. The van der Waals surface area contributed by atoms with Crippen molar-refractivity contribution in [2.45, 2.75) is 12.3 Å². The highest BCUT2D eigenvalue weighted by molar-refractivity contribution is 5.90. The van der Waals surface area contributed by atoms with E-state index in [4.69, 9.17) is 9.15 Å². The average Bonchev–Trinajstić information content (AvgIpc) is 2.70. The molecule has 1 aliphatic rings. The van der Waals surface area contributed by atoms with Gasteiger partial charge in [-0.1, -0.05) is 30.3 Å². The number of ether oxygens (including phenoxy) is 1. The van der Waals surface area contributed by atoms with Gasteiger partial charge in [0.25, 0.3) is 5.56 Å². The van der Waals surface area contributed by atoms with Crippen LogP contribution in [0.1, 0.15) is 23.5 Å². The van der Waals surface area contributed by atoms with Crippen molar-refractivity contribution >= 4 is 27.8 Å². The molecule has 0 saturated heterocycles. The van der Waals surface area contributed by atoms with Gasteiger partial charge in [-0.2, -0.15) is 0 Å². The lowest BCUT2D eigenvalue weighted by atomic mass is 9.86. The maximum atomic E-state index is 13.1. The molecule has 0 bridgehead atoms. The molecule has 0 radical (unpaired) electrons. The summed E-state index contributed by atoms with van der Waals surface area (Å²) in [4.78, 5) is 38.2. The molecule has 1 unspecified atom stereocenters. The molecule has 3 heterocycles. The van der Waals surface area contributed by atoms with E-state index in [1.807, 2.05) is 24.3 Å². The summed E-state index contributed by atoms with van der Waals surface area (Å²) < 4.78 is 12.4. The van der Waals surface area contributed by atoms with Gasteiger partial charge >= 0.3 is 11.6 Å². The fourth-order valence-electron chi connectivity index (χ4n) is 3.93. The molecule has 5 rings (SSSR count). The van der Waals surface area contributed by atoms with Gasteiger partial charge < -0.3 is 13.7 Å². The Morgan fingerprint density at radius 3 is 2.61 bits per heavy atom. The molecule has 2 aromatic heterocycles. The zero-order valence-corrected chi connectivity index (χ0v) is 15.0. The van der Waals surface area contributed by atoms with E-state index < -0.39 is 17.5 Å². The van der Waals surface area contributed by atoms with Gasteiger partial charge in [-0.15, -0.1) is 0 Å². The van der Waals surface area contributed by atoms with Crippen molar-refractivity contribution < 1.29 is 13.9 Å². The number of hydrogen-bond acceptors (Lipinski definition) is 5. The predicted octanol–water partition coefficient (Wildman–Crippen LogP) is 3.09. The van der Waals surface area contributed by atoms with Crippen LogP contribution in [0.4, 0.5) is 0 Å². The first-order valence-corrected chi connectivity index (χ1v) is 8.89. The molecule has 28 heavy (non-hydrogen) atoms. The van der Waals surface area contributed by atoms with Gasteiger partial charge in [0.2, 0.25) is 0 Å². The monoisotopic (exact) mass is 373 g/mol. The number of esters is 1. The number of benzene rings is 2. The number of aromatic nitrogens is 1. The number of hydrogen-bond donors (Lipinski definition) is 0. The van der Waals surface area contributed by atoms with E-state index in [-0.39, 0.29) is 23.3 Å². The minimum absolute atomic E-state index is 0.0936. The molecule has 6 nitrogen and oxygen atoms in total. The molecule has 6 heteroatoms. The highest BCUT2D eigenvalue weighted by Crippen LogP contribution is 2.40. The van der Waals surface area contributed by atoms with Crippen LogP contribution in [0.15, 0.2) is 68.6 Å². The molecule has 2 aromatic carbocycles. The minimum atomic E-state index is -0.722. The van der Waals surface area contributed by atoms with Crippen LogP contribution in [-0.2, 0) is 11.8 Å². The molecule has 0 aliphatic carbocycles. The van der Waals surface area contributed by atoms with Crippen LogP contribution in [-0.4, -0.2) is 10.5 Å². The number of rotatable bonds is 1. The number of nitrogens with zero attached hydrogens (tertiary/aromatic N) is 1. The van der Waals surface area contributed by atoms with Crippen LogP contribution in [0.2, 0.25) is 0 Å². The van der Waals surface area contributed by atoms with Crippen LogP contribution in [0.5, 0.6) is 5.75 Å². The number of carbonyl (C=O) groups is 1. The highest BCUT2D eigenvalue weighted by atomic mass is 16.5. The van der Waals surface area contributed by atoms with E-state index in [0.29, 0.717) is 16.5 Å². The predicted molar refractivity (Wildman–Crippen MR) is 104 cm³/mol. The molecule has 0 N–H and O–H groups in total. The Kier molecular flexibility index (Phi) is 3.49. The number of pyridine rings is 1. The Morgan fingerprint density at radius 2 is 1.75 bits per heavy atom. The second-order valence-corrected chi connectivity index (χ2v) is 6.88. The van der Waals surface area contributed by atoms with Crippen molar-refractivity contribution in [1.82, 2.24) is 4.57 Å². The molecule has 0 spiro atoms. The number of aryl methyl sites for hydroxylation is 1. The molecule has 0 amide bonds. The first kappa shape index (κ1) is 16.5. The van der Waals surface area contributed by atoms with Gasteiger partial charge in [0.05, 0.1) is 22.9 Å². The first-order valence-electron chi connectivity index (χ1n) is 8.89. The molecule has 1 atom stereocenters. The third-order valence-corrected chi connectivity index (χ3v) is 5.27. The van der Waals surface area contributed by atoms with E-state index in [1.54, 1.807) is 37.4 Å². The maximum Gasteiger partial charge on any atom is 0.343 e. The second-order valence-electron chi connectivity index (χ2n) is 6.88. The number of para-hydroxylation sites is 2. The second kappa shape index (κ2) is 5.92. The molecule has 4 aromatic rings. The lowest BCUT2D eigenvalue weighted by Crippen LogP contribution is -2.31. The molecule has 0 fully saturated rings. The Bertz CT molecular complexity index is 1400. The SMILES string of the molecule is Cn1c(=O)c(C2CC(=O)Oc3c2c(=O)oc2ccccc32)cc2ccccc21. The van der Waals surface area contributed by atoms with Crippen molar-refractivity contribution in [3.8, 4) is 5.75 Å². The van der Waals surface area contributed by atoms with E-state index in [1.165, 1.54) is 4.57 Å². The highest BCUT2D eigenvalue weighted by Gasteiger charge is 2.35. The van der Waals surface area contributed by atoms with Crippen LogP contribution in [0.25, 0.3) is 21.9 Å². The smallest absolute Gasteiger partial charge is 0.343 e. The normalized spacial score (nSPS) is 16.2. The summed E-state index contributed by atoms with van der Waals surface area (Å²) in [7, 11) is 1.68. The largest absolute Gasteiger partial charge is 0.425 e. The van der Waals surface area contributed by atoms with Gasteiger partial charge in [0, 0.05) is 18.5 Å². The van der Waals surface area contributed by atoms with Crippen LogP contribution in [0, 0.1) is 0 Å². The minimum Gasteiger partial charge on any atom is -0.425 e. The van der Waals surface area contributed by atoms with E-state index in [9.17, 15) is 14.4 Å². The van der Waals surface area contributed by atoms with Gasteiger partial charge in [-0.3, -0.25) is 9.59 Å². The van der Waals surface area contributed by atoms with Gasteiger partial charge in [0.15, 0.2) is 5.75 Å². The maximum absolute atomic E-state index is 13.1. The summed E-state index contributed by atoms with van der Waals surface area (Å²) in [6.45, 7) is 0. The summed E-state index contributed by atoms with van der Waals surface area (Å²) in [5.41, 5.74) is 0.859. The summed E-state index contributed by atoms with van der Waals surface area (Å²) in [5.74, 6) is -1.02. The summed E-state index contributed by atoms with van der Waals surface area (Å²) in [6, 6.07) is 16.1. The van der Waals surface area contributed by atoms with Crippen LogP contribution < -0.4 is 15.9 Å². The molecule has 138 valence electrons. The molecule has 1 aliphatic heterocycles. The molecular formula is C22H15NO5. The zero-order valence-electron chi connectivity index (χ0n) is 15.0. The van der Waals surface area contributed by atoms with Crippen molar-refractivity contribution in [2.24, 2.45) is 7.05 Å². The third kappa shape index (κ3) is 2.31. The van der Waals surface area contributed by atoms with Gasteiger partial charge in [-0.25, -0.2) is 4.79 Å². The quantitative estimate of drug-likeness (QED) is 0.378. The fraction of sp³-hybridized carbons (Fsp3) is 0.136. The van der Waals surface area contributed by atoms with E-state index >= 15 is 0 Å². The van der Waals surface area contributed by atoms with Crippen molar-refractivity contribution in [2.75, 3.05) is 0 Å². The zero-order chi connectivity index (χ0) is 19.4. The first-order chi connectivity index (χ1) is 13.5. The van der Waals surface area contributed by atoms with Gasteiger partial charge in [0.1, 0.15) is 5.58 Å². The number of carbonyl (C=O) groups excluding carboxylic acids is 1. The fourth-order valence-corrected chi connectivity index (χ4v) is 3.93. The van der Waals surface area contributed by atoms with Crippen LogP contribution >= 0.6 is 0 Å². The molecular weight excluding hydrogens is 358 g/mol. The lowest BCUT2D eigenvalue weighted by Gasteiger charge is -2.24. The van der Waals surface area contributed by atoms with Crippen molar-refractivity contribution in [3.63, 3.8) is 0 Å². The topological polar surface area (TPSA) is 78.5 Å². The molecule has 0 saturated carbocycles. The van der Waals surface area contributed by atoms with Crippen molar-refractivity contribution in [3.05, 3.63) is 86.5 Å². The van der Waals surface area contributed by atoms with Gasteiger partial charge in [-0.05, 0) is 29.7 Å². The number of fused-ring (bicyclic) bond motifs is 4. The Balaban J connectivity index is 1.85. The van der Waals surface area contributed by atoms with E-state index in [0.717, 1.165) is 10.9 Å². The standard InChI is InChI=1S/C22H15NO5/c1-23-16-8-4-2-6-12(16)10-15(21(23)25)14-11-18(24)28-20-13-7-3-5-9-17(13)27-22(26)19(14)20/h2-10,14H,11H2,1H3. The average molecular weight is 373 g/mol.